The van der Waals surface area contributed by atoms with E-state index >= 15 is 0 Å². The standard InChI is InChI=1S/C10H11ClN6OS/c11-8-13-9(16-4-6-19(18)7-5-16)15-10(14-8)17-3-1-2-12-17/h1-3H,4-7H2. The molecule has 0 N–H and O–H groups in total. The third-order valence-corrected chi connectivity index (χ3v) is 4.20. The molecule has 0 spiro atoms. The van der Waals surface area contributed by atoms with E-state index in [0.717, 1.165) is 0 Å². The Bertz CT molecular complexity index is 594. The highest BCUT2D eigenvalue weighted by Gasteiger charge is 2.19. The lowest BCUT2D eigenvalue weighted by Crippen LogP contribution is -2.39. The average molecular weight is 299 g/mol. The number of rotatable bonds is 2. The first-order valence-electron chi connectivity index (χ1n) is 5.74. The van der Waals surface area contributed by atoms with Gasteiger partial charge in [0.2, 0.25) is 11.2 Å². The molecular weight excluding hydrogens is 288 g/mol. The maximum Gasteiger partial charge on any atom is 0.256 e. The van der Waals surface area contributed by atoms with Crippen molar-refractivity contribution in [2.45, 2.75) is 0 Å². The summed E-state index contributed by atoms with van der Waals surface area (Å²) in [5, 5.41) is 4.19. The summed E-state index contributed by atoms with van der Waals surface area (Å²) in [7, 11) is -0.738. The van der Waals surface area contributed by atoms with Crippen LogP contribution in [0.5, 0.6) is 0 Å². The molecule has 9 heteroatoms. The van der Waals surface area contributed by atoms with Crippen LogP contribution in [-0.2, 0) is 10.8 Å². The predicted octanol–water partition coefficient (Wildman–Crippen LogP) is 0.279. The van der Waals surface area contributed by atoms with E-state index in [4.69, 9.17) is 11.6 Å². The van der Waals surface area contributed by atoms with Crippen LogP contribution in [0.4, 0.5) is 5.95 Å². The molecule has 1 aliphatic rings. The van der Waals surface area contributed by atoms with Gasteiger partial charge in [0, 0.05) is 47.8 Å². The van der Waals surface area contributed by atoms with Gasteiger partial charge in [-0.3, -0.25) is 4.21 Å². The number of aromatic nitrogens is 5. The smallest absolute Gasteiger partial charge is 0.256 e. The van der Waals surface area contributed by atoms with Crippen molar-refractivity contribution in [2.24, 2.45) is 0 Å². The molecule has 0 aromatic carbocycles. The second-order valence-electron chi connectivity index (χ2n) is 3.99. The van der Waals surface area contributed by atoms with Crippen molar-refractivity contribution in [3.63, 3.8) is 0 Å². The molecule has 1 aliphatic heterocycles. The number of hydrogen-bond acceptors (Lipinski definition) is 6. The third kappa shape index (κ3) is 2.74. The summed E-state index contributed by atoms with van der Waals surface area (Å²) in [6.45, 7) is 1.32. The zero-order valence-electron chi connectivity index (χ0n) is 9.94. The Morgan fingerprint density at radius 3 is 2.58 bits per heavy atom. The number of anilines is 1. The first kappa shape index (κ1) is 12.5. The first-order chi connectivity index (χ1) is 9.22. The lowest BCUT2D eigenvalue weighted by atomic mass is 10.5. The third-order valence-electron chi connectivity index (χ3n) is 2.75. The van der Waals surface area contributed by atoms with Gasteiger partial charge < -0.3 is 4.90 Å². The Labute approximate surface area is 117 Å². The topological polar surface area (TPSA) is 76.8 Å². The molecule has 2 aromatic heterocycles. The average Bonchev–Trinajstić information content (AvgIpc) is 2.93. The summed E-state index contributed by atoms with van der Waals surface area (Å²) in [6.07, 6.45) is 3.38. The fourth-order valence-electron chi connectivity index (χ4n) is 1.80. The van der Waals surface area contributed by atoms with E-state index in [1.807, 2.05) is 4.90 Å². The summed E-state index contributed by atoms with van der Waals surface area (Å²) < 4.78 is 12.9. The maximum absolute atomic E-state index is 11.4. The minimum atomic E-state index is -0.738. The SMILES string of the molecule is O=S1CCN(c2nc(Cl)nc(-n3cccn3)n2)CC1. The van der Waals surface area contributed by atoms with Gasteiger partial charge in [-0.15, -0.1) is 0 Å². The molecule has 0 amide bonds. The largest absolute Gasteiger partial charge is 0.339 e. The molecule has 0 saturated carbocycles. The fourth-order valence-corrected chi connectivity index (χ4v) is 3.00. The zero-order chi connectivity index (χ0) is 13.2. The van der Waals surface area contributed by atoms with E-state index < -0.39 is 10.8 Å². The molecule has 19 heavy (non-hydrogen) atoms. The van der Waals surface area contributed by atoms with Crippen LogP contribution in [-0.4, -0.2) is 53.5 Å². The number of nitrogens with zero attached hydrogens (tertiary/aromatic N) is 6. The van der Waals surface area contributed by atoms with E-state index in [-0.39, 0.29) is 5.28 Å². The monoisotopic (exact) mass is 298 g/mol. The molecule has 2 aromatic rings. The van der Waals surface area contributed by atoms with Gasteiger partial charge in [-0.25, -0.2) is 4.68 Å². The van der Waals surface area contributed by atoms with Crippen LogP contribution in [0.15, 0.2) is 18.5 Å². The molecule has 7 nitrogen and oxygen atoms in total. The first-order valence-corrected chi connectivity index (χ1v) is 7.60. The summed E-state index contributed by atoms with van der Waals surface area (Å²) in [6, 6.07) is 1.78. The highest BCUT2D eigenvalue weighted by atomic mass is 35.5. The minimum Gasteiger partial charge on any atom is -0.339 e. The second kappa shape index (κ2) is 5.22. The minimum absolute atomic E-state index is 0.127. The molecule has 0 atom stereocenters. The predicted molar refractivity (Wildman–Crippen MR) is 72.0 cm³/mol. The van der Waals surface area contributed by atoms with Gasteiger partial charge >= 0.3 is 0 Å². The van der Waals surface area contributed by atoms with Gasteiger partial charge in [-0.05, 0) is 17.7 Å². The van der Waals surface area contributed by atoms with Crippen LogP contribution in [0.25, 0.3) is 5.95 Å². The summed E-state index contributed by atoms with van der Waals surface area (Å²) >= 11 is 5.92. The van der Waals surface area contributed by atoms with Gasteiger partial charge in [-0.1, -0.05) is 0 Å². The molecule has 0 unspecified atom stereocenters. The van der Waals surface area contributed by atoms with E-state index in [1.54, 1.807) is 18.5 Å². The lowest BCUT2D eigenvalue weighted by Gasteiger charge is -2.26. The van der Waals surface area contributed by atoms with Gasteiger partial charge in [0.05, 0.1) is 0 Å². The lowest BCUT2D eigenvalue weighted by molar-refractivity contribution is 0.670. The van der Waals surface area contributed by atoms with Gasteiger partial charge in [-0.2, -0.15) is 20.1 Å². The molecule has 0 bridgehead atoms. The Hall–Kier alpha value is -1.54. The molecule has 0 radical (unpaired) electrons. The van der Waals surface area contributed by atoms with Crippen LogP contribution in [0.2, 0.25) is 5.28 Å². The van der Waals surface area contributed by atoms with Crippen molar-refractivity contribution in [2.75, 3.05) is 29.5 Å². The molecule has 3 heterocycles. The molecule has 1 saturated heterocycles. The highest BCUT2D eigenvalue weighted by Crippen LogP contribution is 2.15. The number of hydrogen-bond donors (Lipinski definition) is 0. The van der Waals surface area contributed by atoms with Crippen LogP contribution < -0.4 is 4.90 Å². The van der Waals surface area contributed by atoms with Crippen molar-refractivity contribution in [1.82, 2.24) is 24.7 Å². The van der Waals surface area contributed by atoms with Crippen molar-refractivity contribution in [3.05, 3.63) is 23.7 Å². The quantitative estimate of drug-likeness (QED) is 0.792. The van der Waals surface area contributed by atoms with E-state index in [1.165, 1.54) is 4.68 Å². The van der Waals surface area contributed by atoms with Crippen LogP contribution in [0.3, 0.4) is 0 Å². The number of halogens is 1. The van der Waals surface area contributed by atoms with E-state index in [2.05, 4.69) is 20.1 Å². The van der Waals surface area contributed by atoms with Crippen LogP contribution in [0, 0.1) is 0 Å². The Kier molecular flexibility index (Phi) is 3.43. The van der Waals surface area contributed by atoms with Crippen molar-refractivity contribution < 1.29 is 4.21 Å². The van der Waals surface area contributed by atoms with Crippen molar-refractivity contribution >= 4 is 28.3 Å². The molecule has 0 aliphatic carbocycles. The molecule has 1 fully saturated rings. The van der Waals surface area contributed by atoms with Gasteiger partial charge in [0.15, 0.2) is 0 Å². The van der Waals surface area contributed by atoms with Gasteiger partial charge in [0.25, 0.3) is 5.95 Å². The van der Waals surface area contributed by atoms with E-state index in [0.29, 0.717) is 36.5 Å². The molecule has 3 rings (SSSR count). The van der Waals surface area contributed by atoms with Crippen LogP contribution in [0.1, 0.15) is 0 Å². The fraction of sp³-hybridized carbons (Fsp3) is 0.400. The summed E-state index contributed by atoms with van der Waals surface area (Å²) in [4.78, 5) is 14.5. The molecular formula is C10H11ClN6OS. The van der Waals surface area contributed by atoms with Crippen LogP contribution >= 0.6 is 11.6 Å². The van der Waals surface area contributed by atoms with Gasteiger partial charge in [0.1, 0.15) is 0 Å². The Morgan fingerprint density at radius 2 is 1.89 bits per heavy atom. The van der Waals surface area contributed by atoms with E-state index in [9.17, 15) is 4.21 Å². The molecule has 100 valence electrons. The zero-order valence-corrected chi connectivity index (χ0v) is 11.5. The normalized spacial score (nSPS) is 16.8. The van der Waals surface area contributed by atoms with Crippen molar-refractivity contribution in [1.29, 1.82) is 0 Å². The second-order valence-corrected chi connectivity index (χ2v) is 6.02. The Morgan fingerprint density at radius 1 is 1.16 bits per heavy atom. The summed E-state index contributed by atoms with van der Waals surface area (Å²) in [5.41, 5.74) is 0. The Balaban J connectivity index is 1.92. The maximum atomic E-state index is 11.4. The van der Waals surface area contributed by atoms with Crippen molar-refractivity contribution in [3.8, 4) is 5.95 Å². The summed E-state index contributed by atoms with van der Waals surface area (Å²) in [5.74, 6) is 2.13. The highest BCUT2D eigenvalue weighted by molar-refractivity contribution is 7.85.